The lowest BCUT2D eigenvalue weighted by atomic mass is 9.99. The number of alkyl carbamates (subject to hydrolysis) is 2. The van der Waals surface area contributed by atoms with Crippen molar-refractivity contribution in [2.24, 2.45) is 5.92 Å². The number of hydrogen-bond acceptors (Lipinski definition) is 8. The average molecular weight is 675 g/mol. The lowest BCUT2D eigenvalue weighted by Crippen LogP contribution is -2.44. The Morgan fingerprint density at radius 2 is 1.39 bits per heavy atom. The van der Waals surface area contributed by atoms with E-state index in [4.69, 9.17) is 14.2 Å². The Morgan fingerprint density at radius 1 is 0.776 bits per heavy atom. The molecule has 3 amide bonds. The third-order valence-electron chi connectivity index (χ3n) is 8.03. The highest BCUT2D eigenvalue weighted by Crippen LogP contribution is 2.18. The first-order valence-electron chi connectivity index (χ1n) is 16.8. The minimum absolute atomic E-state index is 0.0105. The van der Waals surface area contributed by atoms with Gasteiger partial charge in [0.05, 0.1) is 12.0 Å². The Kier molecular flexibility index (Phi) is 14.4. The molecule has 1 aromatic heterocycles. The number of amides is 3. The minimum Gasteiger partial charge on any atom is -0.463 e. The number of nitrogens with one attached hydrogen (secondary N) is 3. The van der Waals surface area contributed by atoms with Crippen LogP contribution >= 0.6 is 0 Å². The molecule has 12 nitrogen and oxygen atoms in total. The summed E-state index contributed by atoms with van der Waals surface area (Å²) < 4.78 is 17.9. The second-order valence-electron chi connectivity index (χ2n) is 12.6. The van der Waals surface area contributed by atoms with Crippen LogP contribution in [-0.4, -0.2) is 73.5 Å². The first-order chi connectivity index (χ1) is 23.6. The molecule has 2 heterocycles. The molecule has 0 spiro atoms. The van der Waals surface area contributed by atoms with Gasteiger partial charge in [-0.2, -0.15) is 4.57 Å². The van der Waals surface area contributed by atoms with Gasteiger partial charge in [0.15, 0.2) is 12.4 Å². The molecule has 4 rings (SSSR count). The number of carbonyl (C=O) groups is 4. The topological polar surface area (TPSA) is 139 Å². The summed E-state index contributed by atoms with van der Waals surface area (Å²) in [6, 6.07) is 22.5. The molecule has 0 saturated carbocycles. The summed E-state index contributed by atoms with van der Waals surface area (Å²) in [7, 11) is 0. The van der Waals surface area contributed by atoms with Crippen LogP contribution in [0.1, 0.15) is 55.1 Å². The van der Waals surface area contributed by atoms with Crippen molar-refractivity contribution in [1.29, 1.82) is 0 Å². The summed E-state index contributed by atoms with van der Waals surface area (Å²) in [5.74, 6) is -1.05. The first kappa shape index (κ1) is 36.9. The lowest BCUT2D eigenvalue weighted by molar-refractivity contribution is -0.727. The average Bonchev–Trinajstić information content (AvgIpc) is 3.09. The van der Waals surface area contributed by atoms with Gasteiger partial charge in [0.1, 0.15) is 18.9 Å². The Hall–Kier alpha value is -4.97. The molecule has 2 aromatic carbocycles. The van der Waals surface area contributed by atoms with Crippen molar-refractivity contribution < 1.29 is 38.0 Å². The highest BCUT2D eigenvalue weighted by molar-refractivity contribution is 5.93. The molecule has 0 bridgehead atoms. The largest absolute Gasteiger partial charge is 0.463 e. The number of pyridine rings is 1. The van der Waals surface area contributed by atoms with E-state index in [2.05, 4.69) is 16.0 Å². The summed E-state index contributed by atoms with van der Waals surface area (Å²) >= 11 is 0. The van der Waals surface area contributed by atoms with Gasteiger partial charge in [0.2, 0.25) is 0 Å². The standard InChI is InChI=1S/C37H47N5O7/c1-27(20-30-12-6-4-7-13-30)39-36(45)48-25-41-18-10-16-32(22-41)34(43)38-29(3)24-47-35(44)33-17-11-19-42(23-33)26-49-37(46)40-28(2)21-31-14-8-5-9-15-31/h4-10,12-16,18,22,27-29,33H,11,17,19-21,23-26H2,1-3H3,(H2-,38,39,40,43,45,46)/p+1/t27-,28-,29+,33?/m0/s1. The van der Waals surface area contributed by atoms with Crippen LogP contribution in [0, 0.1) is 5.92 Å². The fraction of sp³-hybridized carbons (Fsp3) is 0.432. The number of likely N-dealkylation sites (tertiary alicyclic amines) is 1. The van der Waals surface area contributed by atoms with Crippen molar-refractivity contribution in [3.8, 4) is 0 Å². The van der Waals surface area contributed by atoms with Gasteiger partial charge in [-0.1, -0.05) is 60.7 Å². The summed E-state index contributed by atoms with van der Waals surface area (Å²) in [5, 5.41) is 8.51. The Labute approximate surface area is 288 Å². The van der Waals surface area contributed by atoms with Gasteiger partial charge in [0, 0.05) is 31.2 Å². The van der Waals surface area contributed by atoms with E-state index in [1.165, 1.54) is 0 Å². The van der Waals surface area contributed by atoms with Gasteiger partial charge < -0.3 is 30.2 Å². The van der Waals surface area contributed by atoms with Crippen molar-refractivity contribution in [3.05, 3.63) is 102 Å². The number of benzene rings is 2. The van der Waals surface area contributed by atoms with Gasteiger partial charge in [-0.25, -0.2) is 9.59 Å². The zero-order valence-electron chi connectivity index (χ0n) is 28.5. The SMILES string of the molecule is C[C@H](COC(=O)C1CCCN(COC(=O)N[C@@H](C)Cc2ccccc2)C1)NC(=O)c1ccc[n+](COC(=O)N[C@@H](C)Cc2ccccc2)c1. The zero-order valence-corrected chi connectivity index (χ0v) is 28.5. The smallest absolute Gasteiger partial charge is 0.412 e. The molecule has 12 heteroatoms. The number of piperidine rings is 1. The van der Waals surface area contributed by atoms with E-state index >= 15 is 0 Å². The molecular weight excluding hydrogens is 626 g/mol. The predicted octanol–water partition coefficient (Wildman–Crippen LogP) is 3.98. The van der Waals surface area contributed by atoms with Crippen molar-refractivity contribution in [1.82, 2.24) is 20.9 Å². The molecule has 3 aromatic rings. The minimum atomic E-state index is -0.551. The maximum atomic E-state index is 12.9. The van der Waals surface area contributed by atoms with Crippen LogP contribution in [0.15, 0.2) is 85.2 Å². The van der Waals surface area contributed by atoms with Gasteiger partial charge >= 0.3 is 18.2 Å². The number of carbonyl (C=O) groups excluding carboxylic acids is 4. The van der Waals surface area contributed by atoms with Gasteiger partial charge in [-0.05, 0) is 63.6 Å². The summed E-state index contributed by atoms with van der Waals surface area (Å²) in [4.78, 5) is 52.3. The molecule has 4 atom stereocenters. The molecule has 3 N–H and O–H groups in total. The molecule has 1 saturated heterocycles. The zero-order chi connectivity index (χ0) is 35.0. The van der Waals surface area contributed by atoms with Crippen molar-refractivity contribution >= 4 is 24.1 Å². The predicted molar refractivity (Wildman–Crippen MR) is 182 cm³/mol. The van der Waals surface area contributed by atoms with Crippen LogP contribution in [0.25, 0.3) is 0 Å². The van der Waals surface area contributed by atoms with Crippen LogP contribution in [0.2, 0.25) is 0 Å². The second-order valence-corrected chi connectivity index (χ2v) is 12.6. The molecule has 1 unspecified atom stereocenters. The van der Waals surface area contributed by atoms with Crippen LogP contribution in [0.4, 0.5) is 9.59 Å². The molecule has 49 heavy (non-hydrogen) atoms. The monoisotopic (exact) mass is 674 g/mol. The molecule has 1 fully saturated rings. The number of esters is 1. The molecular formula is C37H48N5O7+. The summed E-state index contributed by atoms with van der Waals surface area (Å²) in [5.41, 5.74) is 2.60. The Balaban J connectivity index is 1.12. The Bertz CT molecular complexity index is 1510. The Morgan fingerprint density at radius 3 is 2.02 bits per heavy atom. The number of rotatable bonds is 15. The maximum absolute atomic E-state index is 12.9. The van der Waals surface area contributed by atoms with Crippen LogP contribution in [0.5, 0.6) is 0 Å². The normalized spacial score (nSPS) is 16.3. The van der Waals surface area contributed by atoms with E-state index < -0.39 is 18.2 Å². The molecule has 1 aliphatic heterocycles. The summed E-state index contributed by atoms with van der Waals surface area (Å²) in [6.45, 7) is 6.74. The third-order valence-corrected chi connectivity index (χ3v) is 8.03. The van der Waals surface area contributed by atoms with E-state index in [1.54, 1.807) is 36.0 Å². The van der Waals surface area contributed by atoms with Gasteiger partial charge in [0.25, 0.3) is 12.6 Å². The van der Waals surface area contributed by atoms with Crippen molar-refractivity contribution in [2.45, 2.75) is 71.3 Å². The number of aromatic nitrogens is 1. The first-order valence-corrected chi connectivity index (χ1v) is 16.8. The number of hydrogen-bond donors (Lipinski definition) is 3. The van der Waals surface area contributed by atoms with Crippen molar-refractivity contribution in [3.63, 3.8) is 0 Å². The van der Waals surface area contributed by atoms with Crippen LogP contribution < -0.4 is 20.5 Å². The van der Waals surface area contributed by atoms with Gasteiger partial charge in [-0.3, -0.25) is 14.5 Å². The quantitative estimate of drug-likeness (QED) is 0.125. The molecule has 1 aliphatic rings. The third kappa shape index (κ3) is 13.2. The number of nitrogens with zero attached hydrogens (tertiary/aromatic N) is 2. The molecule has 262 valence electrons. The molecule has 0 radical (unpaired) electrons. The van der Waals surface area contributed by atoms with E-state index in [0.29, 0.717) is 37.9 Å². The second kappa shape index (κ2) is 19.1. The highest BCUT2D eigenvalue weighted by Gasteiger charge is 2.28. The fourth-order valence-electron chi connectivity index (χ4n) is 5.58. The van der Waals surface area contributed by atoms with E-state index in [0.717, 1.165) is 17.5 Å². The molecule has 0 aliphatic carbocycles. The summed E-state index contributed by atoms with van der Waals surface area (Å²) in [6.07, 6.45) is 5.05. The maximum Gasteiger partial charge on any atom is 0.412 e. The fourth-order valence-corrected chi connectivity index (χ4v) is 5.58. The van der Waals surface area contributed by atoms with Crippen LogP contribution in [-0.2, 0) is 38.6 Å². The lowest BCUT2D eigenvalue weighted by Gasteiger charge is -2.31. The van der Waals surface area contributed by atoms with Crippen molar-refractivity contribution in [2.75, 3.05) is 26.4 Å². The van der Waals surface area contributed by atoms with E-state index in [1.807, 2.05) is 79.4 Å². The van der Waals surface area contributed by atoms with E-state index in [-0.39, 0.29) is 49.9 Å². The highest BCUT2D eigenvalue weighted by atomic mass is 16.6. The van der Waals surface area contributed by atoms with Crippen LogP contribution in [0.3, 0.4) is 0 Å². The number of ether oxygens (including phenoxy) is 3. The van der Waals surface area contributed by atoms with E-state index in [9.17, 15) is 19.2 Å². The van der Waals surface area contributed by atoms with Gasteiger partial charge in [-0.15, -0.1) is 0 Å².